The summed E-state index contributed by atoms with van der Waals surface area (Å²) in [6.45, 7) is 2.57. The van der Waals surface area contributed by atoms with Gasteiger partial charge in [0.2, 0.25) is 5.91 Å². The number of carbonyl (C=O) groups excluding carboxylic acids is 1. The number of nitrogens with zero attached hydrogens (tertiary/aromatic N) is 1. The average molecular weight is 288 g/mol. The highest BCUT2D eigenvalue weighted by Gasteiger charge is 2.35. The number of hydrogen-bond acceptors (Lipinski definition) is 3. The Balaban J connectivity index is 1.63. The number of likely N-dealkylation sites (tertiary alicyclic amines) is 1. The smallest absolute Gasteiger partial charge is 0.234 e. The first-order valence-electron chi connectivity index (χ1n) is 7.97. The topological polar surface area (TPSA) is 52.6 Å². The minimum atomic E-state index is -0.198. The van der Waals surface area contributed by atoms with Crippen molar-refractivity contribution in [3.05, 3.63) is 35.9 Å². The van der Waals surface area contributed by atoms with Crippen LogP contribution in [0.5, 0.6) is 0 Å². The molecule has 2 fully saturated rings. The molecule has 1 saturated carbocycles. The number of benzene rings is 1. The van der Waals surface area contributed by atoms with Gasteiger partial charge in [0.1, 0.15) is 0 Å². The Morgan fingerprint density at radius 2 is 1.90 bits per heavy atom. The second-order valence-electron chi connectivity index (χ2n) is 6.32. The monoisotopic (exact) mass is 288 g/mol. The van der Waals surface area contributed by atoms with Gasteiger partial charge in [0, 0.05) is 0 Å². The number of nitrogens with one attached hydrogen (secondary N) is 1. The van der Waals surface area contributed by atoms with E-state index in [4.69, 9.17) is 0 Å². The van der Waals surface area contributed by atoms with Crippen LogP contribution >= 0.6 is 0 Å². The van der Waals surface area contributed by atoms with Crippen molar-refractivity contribution in [1.82, 2.24) is 10.2 Å². The summed E-state index contributed by atoms with van der Waals surface area (Å²) < 4.78 is 0. The molecule has 1 aliphatic heterocycles. The van der Waals surface area contributed by atoms with Crippen molar-refractivity contribution in [1.29, 1.82) is 0 Å². The fraction of sp³-hybridized carbons (Fsp3) is 0.588. The van der Waals surface area contributed by atoms with Gasteiger partial charge >= 0.3 is 0 Å². The minimum Gasteiger partial charge on any atom is -0.393 e. The predicted molar refractivity (Wildman–Crippen MR) is 81.7 cm³/mol. The molecule has 4 heteroatoms. The normalized spacial score (nSPS) is 27.1. The molecule has 1 heterocycles. The van der Waals surface area contributed by atoms with E-state index in [-0.39, 0.29) is 18.1 Å². The molecule has 1 amide bonds. The second kappa shape index (κ2) is 6.58. The Bertz CT molecular complexity index is 465. The lowest BCUT2D eigenvalue weighted by molar-refractivity contribution is -0.124. The van der Waals surface area contributed by atoms with Crippen LogP contribution in [0.25, 0.3) is 0 Å². The zero-order valence-electron chi connectivity index (χ0n) is 12.4. The lowest BCUT2D eigenvalue weighted by atomic mass is 9.75. The Morgan fingerprint density at radius 3 is 2.52 bits per heavy atom. The van der Waals surface area contributed by atoms with Crippen LogP contribution in [0, 0.1) is 5.92 Å². The number of rotatable bonds is 5. The Hall–Kier alpha value is -1.39. The summed E-state index contributed by atoms with van der Waals surface area (Å²) in [5, 5.41) is 12.7. The number of amides is 1. The number of hydrogen-bond donors (Lipinski definition) is 2. The third-order valence-electron chi connectivity index (χ3n) is 4.66. The molecule has 21 heavy (non-hydrogen) atoms. The first kappa shape index (κ1) is 14.5. The lowest BCUT2D eigenvalue weighted by Crippen LogP contribution is -2.44. The van der Waals surface area contributed by atoms with Crippen LogP contribution in [0.4, 0.5) is 0 Å². The fourth-order valence-electron chi connectivity index (χ4n) is 3.40. The molecule has 0 spiro atoms. The summed E-state index contributed by atoms with van der Waals surface area (Å²) in [5.74, 6) is 0.456. The van der Waals surface area contributed by atoms with E-state index in [9.17, 15) is 9.90 Å². The van der Waals surface area contributed by atoms with Gasteiger partial charge in [-0.05, 0) is 50.3 Å². The lowest BCUT2D eigenvalue weighted by Gasteiger charge is -2.38. The maximum Gasteiger partial charge on any atom is 0.234 e. The molecule has 1 atom stereocenters. The average Bonchev–Trinajstić information content (AvgIpc) is 2.95. The number of aliphatic hydroxyl groups excluding tert-OH is 1. The first-order chi connectivity index (χ1) is 10.2. The predicted octanol–water partition coefficient (Wildman–Crippen LogP) is 1.71. The molecule has 2 aliphatic rings. The highest BCUT2D eigenvalue weighted by Crippen LogP contribution is 2.37. The molecule has 0 aromatic heterocycles. The summed E-state index contributed by atoms with van der Waals surface area (Å²) in [6.07, 6.45) is 3.76. The van der Waals surface area contributed by atoms with E-state index in [1.807, 2.05) is 18.2 Å². The molecule has 1 aromatic rings. The molecule has 1 saturated heterocycles. The fourth-order valence-corrected chi connectivity index (χ4v) is 3.40. The van der Waals surface area contributed by atoms with Gasteiger partial charge in [0.15, 0.2) is 0 Å². The quantitative estimate of drug-likeness (QED) is 0.867. The van der Waals surface area contributed by atoms with Crippen LogP contribution < -0.4 is 5.32 Å². The van der Waals surface area contributed by atoms with E-state index in [2.05, 4.69) is 22.3 Å². The van der Waals surface area contributed by atoms with Crippen molar-refractivity contribution in [2.45, 2.75) is 37.8 Å². The van der Waals surface area contributed by atoms with Crippen LogP contribution in [-0.2, 0) is 4.79 Å². The van der Waals surface area contributed by atoms with E-state index in [0.29, 0.717) is 12.5 Å². The van der Waals surface area contributed by atoms with Gasteiger partial charge in [-0.2, -0.15) is 0 Å². The summed E-state index contributed by atoms with van der Waals surface area (Å²) in [7, 11) is 0. The summed E-state index contributed by atoms with van der Waals surface area (Å²) in [4.78, 5) is 14.5. The van der Waals surface area contributed by atoms with E-state index < -0.39 is 0 Å². The second-order valence-corrected chi connectivity index (χ2v) is 6.32. The summed E-state index contributed by atoms with van der Waals surface area (Å²) in [5.41, 5.74) is 1.14. The van der Waals surface area contributed by atoms with Crippen molar-refractivity contribution in [3.8, 4) is 0 Å². The number of carbonyl (C=O) groups is 1. The van der Waals surface area contributed by atoms with E-state index in [1.165, 1.54) is 12.8 Å². The molecule has 3 rings (SSSR count). The van der Waals surface area contributed by atoms with Crippen molar-refractivity contribution >= 4 is 5.91 Å². The van der Waals surface area contributed by atoms with Gasteiger partial charge in [0.05, 0.1) is 18.7 Å². The summed E-state index contributed by atoms with van der Waals surface area (Å²) >= 11 is 0. The standard InChI is InChI=1S/C17H24N2O2/c20-15-10-14(11-15)17(13-6-2-1-3-7-13)18-16(21)12-19-8-4-5-9-19/h1-3,6-7,14-15,17,20H,4-5,8-12H2,(H,18,21). The molecule has 1 aromatic carbocycles. The molecule has 2 N–H and O–H groups in total. The SMILES string of the molecule is O=C(CN1CCCC1)NC(c1ccccc1)C1CC(O)C1. The molecular formula is C17H24N2O2. The van der Waals surface area contributed by atoms with Crippen molar-refractivity contribution in [2.24, 2.45) is 5.92 Å². The Kier molecular flexibility index (Phi) is 4.56. The van der Waals surface area contributed by atoms with E-state index >= 15 is 0 Å². The van der Waals surface area contributed by atoms with Gasteiger partial charge < -0.3 is 10.4 Å². The van der Waals surface area contributed by atoms with Crippen LogP contribution in [-0.4, -0.2) is 41.7 Å². The maximum absolute atomic E-state index is 12.3. The first-order valence-corrected chi connectivity index (χ1v) is 7.97. The Morgan fingerprint density at radius 1 is 1.24 bits per heavy atom. The van der Waals surface area contributed by atoms with Crippen LogP contribution in [0.1, 0.15) is 37.3 Å². The molecule has 0 radical (unpaired) electrons. The van der Waals surface area contributed by atoms with Crippen molar-refractivity contribution < 1.29 is 9.90 Å². The summed E-state index contributed by atoms with van der Waals surface area (Å²) in [6, 6.07) is 10.2. The Labute approximate surface area is 126 Å². The van der Waals surface area contributed by atoms with Crippen molar-refractivity contribution in [3.63, 3.8) is 0 Å². The number of aliphatic hydroxyl groups is 1. The zero-order chi connectivity index (χ0) is 14.7. The maximum atomic E-state index is 12.3. The van der Waals surface area contributed by atoms with Gasteiger partial charge in [-0.25, -0.2) is 0 Å². The van der Waals surface area contributed by atoms with E-state index in [1.54, 1.807) is 0 Å². The van der Waals surface area contributed by atoms with Gasteiger partial charge in [-0.15, -0.1) is 0 Å². The van der Waals surface area contributed by atoms with Gasteiger partial charge in [-0.1, -0.05) is 30.3 Å². The van der Waals surface area contributed by atoms with E-state index in [0.717, 1.165) is 31.5 Å². The van der Waals surface area contributed by atoms with Crippen LogP contribution in [0.3, 0.4) is 0 Å². The zero-order valence-corrected chi connectivity index (χ0v) is 12.4. The molecule has 4 nitrogen and oxygen atoms in total. The highest BCUT2D eigenvalue weighted by atomic mass is 16.3. The molecular weight excluding hydrogens is 264 g/mol. The largest absolute Gasteiger partial charge is 0.393 e. The van der Waals surface area contributed by atoms with Crippen molar-refractivity contribution in [2.75, 3.05) is 19.6 Å². The molecule has 1 aliphatic carbocycles. The third-order valence-corrected chi connectivity index (χ3v) is 4.66. The molecule has 0 bridgehead atoms. The third kappa shape index (κ3) is 3.63. The van der Waals surface area contributed by atoms with Gasteiger partial charge in [-0.3, -0.25) is 9.69 Å². The van der Waals surface area contributed by atoms with Crippen LogP contribution in [0.15, 0.2) is 30.3 Å². The molecule has 1 unspecified atom stereocenters. The molecule has 114 valence electrons. The van der Waals surface area contributed by atoms with Crippen LogP contribution in [0.2, 0.25) is 0 Å². The highest BCUT2D eigenvalue weighted by molar-refractivity contribution is 5.78. The van der Waals surface area contributed by atoms with Gasteiger partial charge in [0.25, 0.3) is 0 Å². The minimum absolute atomic E-state index is 0.0321.